The number of hydrogen-bond donors (Lipinski definition) is 3. The summed E-state index contributed by atoms with van der Waals surface area (Å²) in [5.41, 5.74) is 6.73. The number of hydrogen-bond acceptors (Lipinski definition) is 13. The van der Waals surface area contributed by atoms with Gasteiger partial charge in [-0.15, -0.1) is 39.4 Å². The number of rotatable bonds is 11. The van der Waals surface area contributed by atoms with Crippen molar-refractivity contribution < 1.29 is 34.0 Å². The van der Waals surface area contributed by atoms with Crippen molar-refractivity contribution >= 4 is 69.1 Å². The Kier molecular flexibility index (Phi) is 8.24. The molecule has 1 fully saturated rings. The molecule has 40 heavy (non-hydrogen) atoms. The molecular weight excluding hydrogens is 581 g/mol. The number of aliphatic hydroxyl groups is 1. The van der Waals surface area contributed by atoms with Gasteiger partial charge in [-0.05, 0) is 12.5 Å². The third kappa shape index (κ3) is 5.36. The van der Waals surface area contributed by atoms with Crippen LogP contribution in [0.4, 0.5) is 5.13 Å². The van der Waals surface area contributed by atoms with Crippen molar-refractivity contribution in [3.8, 4) is 0 Å². The molecule has 17 heteroatoms. The van der Waals surface area contributed by atoms with Crippen LogP contribution in [0, 0.1) is 0 Å². The van der Waals surface area contributed by atoms with E-state index >= 15 is 0 Å². The number of nitrogens with one attached hydrogen (secondary N) is 1. The zero-order chi connectivity index (χ0) is 28.4. The highest BCUT2D eigenvalue weighted by molar-refractivity contribution is 8.00. The number of imidazole rings is 1. The molecule has 3 aromatic rings. The molecule has 14 nitrogen and oxygen atoms in total. The molecule has 0 bridgehead atoms. The fourth-order valence-corrected chi connectivity index (χ4v) is 7.00. The maximum Gasteiger partial charge on any atom is 0.307 e. The molecule has 4 N–H and O–H groups in total. The molecule has 0 spiro atoms. The van der Waals surface area contributed by atoms with Crippen LogP contribution in [0.2, 0.25) is 0 Å². The zero-order valence-corrected chi connectivity index (χ0v) is 23.5. The van der Waals surface area contributed by atoms with Crippen molar-refractivity contribution in [1.29, 1.82) is 0 Å². The molecule has 2 aliphatic rings. The first-order chi connectivity index (χ1) is 19.3. The lowest BCUT2D eigenvalue weighted by atomic mass is 10.0. The second-order valence-electron chi connectivity index (χ2n) is 8.62. The number of thioether (sulfide) groups is 2. The molecule has 5 rings (SSSR count). The van der Waals surface area contributed by atoms with Crippen LogP contribution in [0.3, 0.4) is 0 Å². The van der Waals surface area contributed by atoms with E-state index in [1.54, 1.807) is 16.9 Å². The molecule has 0 saturated carbocycles. The van der Waals surface area contributed by atoms with Gasteiger partial charge in [-0.25, -0.2) is 9.55 Å². The minimum Gasteiger partial charge on any atom is -0.543 e. The average Bonchev–Trinajstić information content (AvgIpc) is 3.55. The van der Waals surface area contributed by atoms with E-state index in [4.69, 9.17) is 15.7 Å². The summed E-state index contributed by atoms with van der Waals surface area (Å²) in [4.78, 5) is 48.2. The van der Waals surface area contributed by atoms with Crippen molar-refractivity contribution in [3.63, 3.8) is 0 Å². The van der Waals surface area contributed by atoms with Gasteiger partial charge in [0.25, 0.3) is 11.8 Å². The summed E-state index contributed by atoms with van der Waals surface area (Å²) in [6.07, 6.45) is 4.21. The highest BCUT2D eigenvalue weighted by Gasteiger charge is 2.53. The highest BCUT2D eigenvalue weighted by atomic mass is 32.2. The number of fused-ring (bicyclic) bond motifs is 2. The number of aliphatic carboxylic acids is 1. The van der Waals surface area contributed by atoms with Gasteiger partial charge in [0.1, 0.15) is 42.0 Å². The van der Waals surface area contributed by atoms with Gasteiger partial charge in [-0.2, -0.15) is 0 Å². The van der Waals surface area contributed by atoms with Crippen LogP contribution in [0.5, 0.6) is 0 Å². The summed E-state index contributed by atoms with van der Waals surface area (Å²) in [5, 5.41) is 34.0. The molecule has 0 radical (unpaired) electrons. The third-order valence-corrected chi connectivity index (χ3v) is 9.12. The van der Waals surface area contributed by atoms with Crippen molar-refractivity contribution in [2.75, 3.05) is 31.0 Å². The maximum atomic E-state index is 13.1. The SMILES string of the molecule is CO/N=C(\C(=O)N[C@@H]1C(=O)N2C(C(=O)[O-])=C(C[n+]3ccn4nc(SCCCO)ccc43)CS[C@H]12)c1csc(N)n1. The van der Waals surface area contributed by atoms with E-state index in [0.29, 0.717) is 17.7 Å². The summed E-state index contributed by atoms with van der Waals surface area (Å²) in [6, 6.07) is 2.77. The number of nitrogens with zero attached hydrogens (tertiary/aromatic N) is 6. The fraction of sp³-hybridized carbons (Fsp3) is 0.348. The quantitative estimate of drug-likeness (QED) is 0.0582. The summed E-state index contributed by atoms with van der Waals surface area (Å²) in [6.45, 7) is 0.320. The number of carboxylic acids is 1. The number of thiazole rings is 1. The number of aliphatic hydroxyl groups excluding tert-OH is 1. The smallest absolute Gasteiger partial charge is 0.307 e. The molecule has 2 amide bonds. The lowest BCUT2D eigenvalue weighted by Gasteiger charge is -2.50. The number of oxime groups is 1. The predicted octanol–water partition coefficient (Wildman–Crippen LogP) is -1.41. The van der Waals surface area contributed by atoms with Crippen molar-refractivity contribution in [3.05, 3.63) is 46.9 Å². The van der Waals surface area contributed by atoms with E-state index < -0.39 is 29.2 Å². The van der Waals surface area contributed by atoms with E-state index in [-0.39, 0.29) is 35.4 Å². The van der Waals surface area contributed by atoms with Crippen LogP contribution < -0.4 is 20.7 Å². The van der Waals surface area contributed by atoms with Crippen LogP contribution in [-0.4, -0.2) is 84.7 Å². The van der Waals surface area contributed by atoms with Crippen LogP contribution in [-0.2, 0) is 25.8 Å². The zero-order valence-electron chi connectivity index (χ0n) is 21.1. The first-order valence-electron chi connectivity index (χ1n) is 11.9. The molecule has 1 saturated heterocycles. The van der Waals surface area contributed by atoms with Crippen LogP contribution in [0.25, 0.3) is 5.65 Å². The molecule has 0 aromatic carbocycles. The fourth-order valence-electron chi connectivity index (χ4n) is 4.32. The van der Waals surface area contributed by atoms with Gasteiger partial charge in [0.2, 0.25) is 0 Å². The van der Waals surface area contributed by atoms with Gasteiger partial charge in [0.15, 0.2) is 17.0 Å². The van der Waals surface area contributed by atoms with Gasteiger partial charge in [-0.3, -0.25) is 14.5 Å². The Morgan fingerprint density at radius 1 is 1.43 bits per heavy atom. The Morgan fingerprint density at radius 3 is 2.95 bits per heavy atom. The van der Waals surface area contributed by atoms with Gasteiger partial charge in [0.05, 0.1) is 11.7 Å². The van der Waals surface area contributed by atoms with E-state index in [1.807, 2.05) is 16.7 Å². The molecule has 2 atom stereocenters. The highest BCUT2D eigenvalue weighted by Crippen LogP contribution is 2.40. The van der Waals surface area contributed by atoms with Crippen molar-refractivity contribution in [1.82, 2.24) is 24.8 Å². The Labute approximate surface area is 239 Å². The van der Waals surface area contributed by atoms with E-state index in [0.717, 1.165) is 32.7 Å². The molecule has 5 heterocycles. The van der Waals surface area contributed by atoms with Gasteiger partial charge >= 0.3 is 5.65 Å². The predicted molar refractivity (Wildman–Crippen MR) is 145 cm³/mol. The third-order valence-electron chi connectivity index (χ3n) is 6.10. The molecule has 0 aliphatic carbocycles. The molecule has 2 aliphatic heterocycles. The van der Waals surface area contributed by atoms with Crippen LogP contribution >= 0.6 is 34.9 Å². The molecule has 0 unspecified atom stereocenters. The average molecular weight is 605 g/mol. The summed E-state index contributed by atoms with van der Waals surface area (Å²) in [5.74, 6) is -1.70. The number of β-lactam (4-membered cyclic amide) rings is 1. The second kappa shape index (κ2) is 11.8. The maximum absolute atomic E-state index is 13.1. The number of carbonyl (C=O) groups is 3. The van der Waals surface area contributed by atoms with Gasteiger partial charge in [-0.1, -0.05) is 10.3 Å². The number of amides is 2. The molecule has 210 valence electrons. The van der Waals surface area contributed by atoms with Gasteiger partial charge < -0.3 is 30.9 Å². The van der Waals surface area contributed by atoms with Crippen LogP contribution in [0.15, 0.2) is 51.4 Å². The van der Waals surface area contributed by atoms with E-state index in [9.17, 15) is 19.5 Å². The largest absolute Gasteiger partial charge is 0.543 e. The number of nitrogens with two attached hydrogens (primary N) is 1. The van der Waals surface area contributed by atoms with E-state index in [1.165, 1.54) is 36.0 Å². The Bertz CT molecular complexity index is 1540. The standard InChI is InChI=1S/C23H24N8O6S3/c1-37-28-16(13-11-40-23(24)25-13)19(33)26-17-20(34)31-18(22(35)36)12(10-39-21(17)31)9-29-5-6-30-15(29)4-3-14(27-30)38-8-2-7-32/h3-6,11,17,21,32H,2,7-10H2,1H3,(H3-,24,25,26,33,35,36)/b28-16-/t17-,21-/m1/s1. The van der Waals surface area contributed by atoms with Crippen LogP contribution in [0.1, 0.15) is 12.1 Å². The first-order valence-corrected chi connectivity index (χ1v) is 14.9. The number of carboxylic acid groups (broad SMARTS) is 1. The summed E-state index contributed by atoms with van der Waals surface area (Å²) < 4.78 is 3.53. The number of aromatic nitrogens is 4. The molecular formula is C23H24N8O6S3. The summed E-state index contributed by atoms with van der Waals surface area (Å²) >= 11 is 3.99. The number of nitrogen functional groups attached to an aromatic ring is 1. The first kappa shape index (κ1) is 27.9. The monoisotopic (exact) mass is 604 g/mol. The lowest BCUT2D eigenvalue weighted by Crippen LogP contribution is -2.71. The second-order valence-corrected chi connectivity index (χ2v) is 11.7. The Hall–Kier alpha value is -3.67. The van der Waals surface area contributed by atoms with E-state index in [2.05, 4.69) is 20.6 Å². The number of carbonyl (C=O) groups excluding carboxylic acids is 3. The molecule has 3 aromatic heterocycles. The van der Waals surface area contributed by atoms with Gasteiger partial charge in [0, 0.05) is 35.1 Å². The number of anilines is 1. The Morgan fingerprint density at radius 2 is 2.25 bits per heavy atom. The van der Waals surface area contributed by atoms with Crippen molar-refractivity contribution in [2.24, 2.45) is 5.16 Å². The lowest BCUT2D eigenvalue weighted by molar-refractivity contribution is -0.662. The summed E-state index contributed by atoms with van der Waals surface area (Å²) in [7, 11) is 1.27. The minimum absolute atomic E-state index is 0.116. The Balaban J connectivity index is 1.33. The minimum atomic E-state index is -1.47. The normalized spacial score (nSPS) is 19.0. The van der Waals surface area contributed by atoms with Crippen molar-refractivity contribution in [2.45, 2.75) is 29.4 Å². The topological polar surface area (TPSA) is 191 Å².